The minimum absolute atomic E-state index is 0.876. The number of rotatable bonds is 8. The zero-order valence-electron chi connectivity index (χ0n) is 11.0. The van der Waals surface area contributed by atoms with Crippen LogP contribution in [0.4, 0.5) is 0 Å². The SMILES string of the molecule is CCCCCC(CC(C)CC)C(C)C. The summed E-state index contributed by atoms with van der Waals surface area (Å²) in [5.74, 6) is 2.77. The number of hydrogen-bond acceptors (Lipinski definition) is 0. The molecule has 0 aromatic rings. The van der Waals surface area contributed by atoms with E-state index in [0.717, 1.165) is 17.8 Å². The van der Waals surface area contributed by atoms with Crippen LogP contribution < -0.4 is 0 Å². The maximum Gasteiger partial charge on any atom is -0.0389 e. The highest BCUT2D eigenvalue weighted by molar-refractivity contribution is 4.66. The van der Waals surface area contributed by atoms with Crippen molar-refractivity contribution in [2.24, 2.45) is 17.8 Å². The molecule has 0 N–H and O–H groups in total. The average Bonchev–Trinajstić information content (AvgIpc) is 2.16. The fourth-order valence-corrected chi connectivity index (χ4v) is 2.06. The van der Waals surface area contributed by atoms with Crippen LogP contribution in [0.1, 0.15) is 73.1 Å². The van der Waals surface area contributed by atoms with Crippen molar-refractivity contribution in [3.63, 3.8) is 0 Å². The lowest BCUT2D eigenvalue weighted by Gasteiger charge is -2.23. The molecule has 0 spiro atoms. The van der Waals surface area contributed by atoms with Gasteiger partial charge in [0, 0.05) is 0 Å². The molecule has 0 radical (unpaired) electrons. The van der Waals surface area contributed by atoms with Crippen molar-refractivity contribution in [3.05, 3.63) is 0 Å². The standard InChI is InChI=1S/C14H30/c1-6-8-9-10-14(12(3)4)11-13(5)7-2/h12-14H,6-11H2,1-5H3. The van der Waals surface area contributed by atoms with E-state index in [4.69, 9.17) is 0 Å². The Kier molecular flexibility index (Phi) is 8.32. The van der Waals surface area contributed by atoms with Gasteiger partial charge < -0.3 is 0 Å². The summed E-state index contributed by atoms with van der Waals surface area (Å²) in [5.41, 5.74) is 0. The molecule has 0 aromatic heterocycles. The highest BCUT2D eigenvalue weighted by Gasteiger charge is 2.15. The van der Waals surface area contributed by atoms with Gasteiger partial charge in [-0.2, -0.15) is 0 Å². The van der Waals surface area contributed by atoms with Crippen LogP contribution in [-0.2, 0) is 0 Å². The van der Waals surface area contributed by atoms with Crippen molar-refractivity contribution in [2.45, 2.75) is 73.1 Å². The molecular formula is C14H30. The minimum Gasteiger partial charge on any atom is -0.0654 e. The molecule has 0 aliphatic heterocycles. The van der Waals surface area contributed by atoms with E-state index >= 15 is 0 Å². The Hall–Kier alpha value is 0. The lowest BCUT2D eigenvalue weighted by molar-refractivity contribution is 0.278. The van der Waals surface area contributed by atoms with E-state index in [0.29, 0.717) is 0 Å². The van der Waals surface area contributed by atoms with Crippen molar-refractivity contribution in [1.82, 2.24) is 0 Å². The Labute approximate surface area is 91.5 Å². The zero-order valence-corrected chi connectivity index (χ0v) is 11.0. The quantitative estimate of drug-likeness (QED) is 0.466. The Morgan fingerprint density at radius 2 is 1.57 bits per heavy atom. The molecule has 0 heteroatoms. The molecule has 0 amide bonds. The van der Waals surface area contributed by atoms with Gasteiger partial charge in [-0.1, -0.05) is 66.7 Å². The van der Waals surface area contributed by atoms with Crippen LogP contribution in [0.5, 0.6) is 0 Å². The van der Waals surface area contributed by atoms with Gasteiger partial charge in [0.05, 0.1) is 0 Å². The highest BCUT2D eigenvalue weighted by atomic mass is 14.2. The summed E-state index contributed by atoms with van der Waals surface area (Å²) in [6.45, 7) is 11.8. The minimum atomic E-state index is 0.876. The van der Waals surface area contributed by atoms with Gasteiger partial charge in [-0.3, -0.25) is 0 Å². The molecule has 0 aliphatic rings. The predicted octanol–water partition coefficient (Wildman–Crippen LogP) is 5.28. The van der Waals surface area contributed by atoms with Gasteiger partial charge in [0.25, 0.3) is 0 Å². The normalized spacial score (nSPS) is 15.9. The molecule has 0 nitrogen and oxygen atoms in total. The second kappa shape index (κ2) is 8.32. The maximum atomic E-state index is 2.40. The van der Waals surface area contributed by atoms with Crippen LogP contribution in [0, 0.1) is 17.8 Å². The topological polar surface area (TPSA) is 0 Å². The molecule has 2 atom stereocenters. The maximum absolute atomic E-state index is 2.40. The lowest BCUT2D eigenvalue weighted by Crippen LogP contribution is -2.12. The van der Waals surface area contributed by atoms with Gasteiger partial charge in [0.15, 0.2) is 0 Å². The average molecular weight is 198 g/mol. The summed E-state index contributed by atoms with van der Waals surface area (Å²) in [7, 11) is 0. The van der Waals surface area contributed by atoms with Crippen LogP contribution in [0.15, 0.2) is 0 Å². The van der Waals surface area contributed by atoms with Gasteiger partial charge >= 0.3 is 0 Å². The molecule has 0 heterocycles. The second-order valence-corrected chi connectivity index (χ2v) is 5.25. The Bertz CT molecular complexity index is 115. The molecule has 0 saturated carbocycles. The van der Waals surface area contributed by atoms with E-state index in [1.807, 2.05) is 0 Å². The fraction of sp³-hybridized carbons (Fsp3) is 1.00. The van der Waals surface area contributed by atoms with E-state index in [1.54, 1.807) is 0 Å². The van der Waals surface area contributed by atoms with Crippen molar-refractivity contribution < 1.29 is 0 Å². The molecule has 0 saturated heterocycles. The molecule has 0 fully saturated rings. The Morgan fingerprint density at radius 3 is 2.00 bits per heavy atom. The third kappa shape index (κ3) is 6.45. The molecule has 2 unspecified atom stereocenters. The van der Waals surface area contributed by atoms with Gasteiger partial charge in [-0.15, -0.1) is 0 Å². The zero-order chi connectivity index (χ0) is 11.0. The molecule has 86 valence electrons. The molecule has 14 heavy (non-hydrogen) atoms. The molecule has 0 rings (SSSR count). The van der Waals surface area contributed by atoms with Crippen LogP contribution in [0.3, 0.4) is 0 Å². The lowest BCUT2D eigenvalue weighted by atomic mass is 9.82. The third-order valence-corrected chi connectivity index (χ3v) is 3.52. The first-order chi connectivity index (χ1) is 6.61. The van der Waals surface area contributed by atoms with Gasteiger partial charge in [0.1, 0.15) is 0 Å². The third-order valence-electron chi connectivity index (χ3n) is 3.52. The molecular weight excluding hydrogens is 168 g/mol. The van der Waals surface area contributed by atoms with Crippen LogP contribution in [0.2, 0.25) is 0 Å². The first-order valence-electron chi connectivity index (χ1n) is 6.61. The van der Waals surface area contributed by atoms with E-state index in [-0.39, 0.29) is 0 Å². The monoisotopic (exact) mass is 198 g/mol. The summed E-state index contributed by atoms with van der Waals surface area (Å²) >= 11 is 0. The summed E-state index contributed by atoms with van der Waals surface area (Å²) in [6.07, 6.45) is 8.46. The number of hydrogen-bond donors (Lipinski definition) is 0. The summed E-state index contributed by atoms with van der Waals surface area (Å²) in [4.78, 5) is 0. The van der Waals surface area contributed by atoms with Crippen LogP contribution >= 0.6 is 0 Å². The first-order valence-corrected chi connectivity index (χ1v) is 6.61. The first kappa shape index (κ1) is 14.0. The van der Waals surface area contributed by atoms with Gasteiger partial charge in [0.2, 0.25) is 0 Å². The molecule has 0 aliphatic carbocycles. The van der Waals surface area contributed by atoms with Crippen molar-refractivity contribution >= 4 is 0 Å². The van der Waals surface area contributed by atoms with Crippen molar-refractivity contribution in [2.75, 3.05) is 0 Å². The predicted molar refractivity (Wildman–Crippen MR) is 66.5 cm³/mol. The largest absolute Gasteiger partial charge is 0.0654 e. The Balaban J connectivity index is 3.77. The fourth-order valence-electron chi connectivity index (χ4n) is 2.06. The number of unbranched alkanes of at least 4 members (excludes halogenated alkanes) is 2. The van der Waals surface area contributed by atoms with E-state index in [9.17, 15) is 0 Å². The van der Waals surface area contributed by atoms with Gasteiger partial charge in [-0.25, -0.2) is 0 Å². The van der Waals surface area contributed by atoms with Gasteiger partial charge in [-0.05, 0) is 24.2 Å². The highest BCUT2D eigenvalue weighted by Crippen LogP contribution is 2.27. The van der Waals surface area contributed by atoms with Crippen molar-refractivity contribution in [1.29, 1.82) is 0 Å². The van der Waals surface area contributed by atoms with Crippen LogP contribution in [-0.4, -0.2) is 0 Å². The summed E-state index contributed by atoms with van der Waals surface area (Å²) < 4.78 is 0. The molecule has 0 aromatic carbocycles. The second-order valence-electron chi connectivity index (χ2n) is 5.25. The Morgan fingerprint density at radius 1 is 0.929 bits per heavy atom. The van der Waals surface area contributed by atoms with E-state index in [2.05, 4.69) is 34.6 Å². The smallest absolute Gasteiger partial charge is 0.0389 e. The summed E-state index contributed by atoms with van der Waals surface area (Å²) in [5, 5.41) is 0. The molecule has 0 bridgehead atoms. The van der Waals surface area contributed by atoms with Crippen molar-refractivity contribution in [3.8, 4) is 0 Å². The van der Waals surface area contributed by atoms with Crippen LogP contribution in [0.25, 0.3) is 0 Å². The van der Waals surface area contributed by atoms with E-state index < -0.39 is 0 Å². The summed E-state index contributed by atoms with van der Waals surface area (Å²) in [6, 6.07) is 0. The van der Waals surface area contributed by atoms with E-state index in [1.165, 1.54) is 38.5 Å².